The van der Waals surface area contributed by atoms with E-state index >= 15 is 0 Å². The van der Waals surface area contributed by atoms with Crippen molar-refractivity contribution in [3.05, 3.63) is 57.0 Å². The molecule has 2 rings (SSSR count). The van der Waals surface area contributed by atoms with Crippen molar-refractivity contribution < 1.29 is 14.2 Å². The van der Waals surface area contributed by atoms with E-state index in [1.165, 1.54) is 19.4 Å². The van der Waals surface area contributed by atoms with E-state index in [2.05, 4.69) is 27.6 Å². The standard InChI is InChI=1S/C13H11FINO2/c1-18-13-11(14)9(6-7-16-13)12(17)8-4-2-3-5-10(8)15/h2-7,12,17H,1H3. The molecule has 0 aliphatic heterocycles. The van der Waals surface area contributed by atoms with E-state index < -0.39 is 11.9 Å². The zero-order valence-corrected chi connectivity index (χ0v) is 11.8. The maximum absolute atomic E-state index is 14.0. The van der Waals surface area contributed by atoms with Gasteiger partial charge in [0.25, 0.3) is 0 Å². The van der Waals surface area contributed by atoms with Crippen LogP contribution in [0.5, 0.6) is 5.88 Å². The van der Waals surface area contributed by atoms with E-state index in [0.717, 1.165) is 3.57 Å². The number of halogens is 2. The van der Waals surface area contributed by atoms with E-state index in [9.17, 15) is 9.50 Å². The Morgan fingerprint density at radius 2 is 2.00 bits per heavy atom. The Hall–Kier alpha value is -1.21. The van der Waals surface area contributed by atoms with E-state index in [1.807, 2.05) is 12.1 Å². The van der Waals surface area contributed by atoms with Gasteiger partial charge in [0.2, 0.25) is 5.88 Å². The zero-order valence-electron chi connectivity index (χ0n) is 9.60. The SMILES string of the molecule is COc1nccc(C(O)c2ccccc2I)c1F. The van der Waals surface area contributed by atoms with Crippen LogP contribution in [0.3, 0.4) is 0 Å². The van der Waals surface area contributed by atoms with Gasteiger partial charge in [0.15, 0.2) is 5.82 Å². The summed E-state index contributed by atoms with van der Waals surface area (Å²) < 4.78 is 19.7. The molecule has 0 aliphatic carbocycles. The second-order valence-corrected chi connectivity index (χ2v) is 4.81. The average molecular weight is 359 g/mol. The summed E-state index contributed by atoms with van der Waals surface area (Å²) >= 11 is 2.10. The molecule has 0 radical (unpaired) electrons. The van der Waals surface area contributed by atoms with E-state index in [-0.39, 0.29) is 11.4 Å². The van der Waals surface area contributed by atoms with Crippen LogP contribution in [0.1, 0.15) is 17.2 Å². The molecule has 0 amide bonds. The van der Waals surface area contributed by atoms with E-state index in [1.54, 1.807) is 12.1 Å². The van der Waals surface area contributed by atoms with Crippen molar-refractivity contribution in [3.63, 3.8) is 0 Å². The Labute approximate surface area is 118 Å². The van der Waals surface area contributed by atoms with Crippen LogP contribution in [-0.2, 0) is 0 Å². The minimum atomic E-state index is -1.03. The van der Waals surface area contributed by atoms with Gasteiger partial charge >= 0.3 is 0 Å². The van der Waals surface area contributed by atoms with E-state index in [0.29, 0.717) is 5.56 Å². The normalized spacial score (nSPS) is 12.2. The van der Waals surface area contributed by atoms with Crippen LogP contribution < -0.4 is 4.74 Å². The Kier molecular flexibility index (Phi) is 4.13. The van der Waals surface area contributed by atoms with Crippen LogP contribution in [0.25, 0.3) is 0 Å². The van der Waals surface area contributed by atoms with Gasteiger partial charge in [0.05, 0.1) is 7.11 Å². The van der Waals surface area contributed by atoms with Crippen molar-refractivity contribution in [1.29, 1.82) is 0 Å². The van der Waals surface area contributed by atoms with Gasteiger partial charge < -0.3 is 9.84 Å². The number of aliphatic hydroxyl groups is 1. The van der Waals surface area contributed by atoms with Gasteiger partial charge in [0, 0.05) is 15.3 Å². The summed E-state index contributed by atoms with van der Waals surface area (Å²) in [6.07, 6.45) is 0.381. The largest absolute Gasteiger partial charge is 0.479 e. The highest BCUT2D eigenvalue weighted by molar-refractivity contribution is 14.1. The van der Waals surface area contributed by atoms with Crippen molar-refractivity contribution >= 4 is 22.6 Å². The molecule has 0 aliphatic rings. The number of hydrogen-bond acceptors (Lipinski definition) is 3. The highest BCUT2D eigenvalue weighted by Crippen LogP contribution is 2.30. The molecule has 0 fully saturated rings. The van der Waals surface area contributed by atoms with Crippen molar-refractivity contribution in [1.82, 2.24) is 4.98 Å². The fraction of sp³-hybridized carbons (Fsp3) is 0.154. The molecule has 1 aromatic carbocycles. The maximum Gasteiger partial charge on any atom is 0.250 e. The van der Waals surface area contributed by atoms with Crippen LogP contribution in [0.2, 0.25) is 0 Å². The van der Waals surface area contributed by atoms with Crippen LogP contribution in [0.15, 0.2) is 36.5 Å². The van der Waals surface area contributed by atoms with Crippen molar-refractivity contribution in [2.45, 2.75) is 6.10 Å². The summed E-state index contributed by atoms with van der Waals surface area (Å²) in [5, 5.41) is 10.2. The smallest absolute Gasteiger partial charge is 0.250 e. The summed E-state index contributed by atoms with van der Waals surface area (Å²) in [4.78, 5) is 3.75. The number of nitrogens with zero attached hydrogens (tertiary/aromatic N) is 1. The Bertz CT molecular complexity index is 562. The minimum absolute atomic E-state index is 0.113. The second-order valence-electron chi connectivity index (χ2n) is 3.65. The number of aromatic nitrogens is 1. The van der Waals surface area contributed by atoms with Gasteiger partial charge in [-0.15, -0.1) is 0 Å². The predicted octanol–water partition coefficient (Wildman–Crippen LogP) is 2.92. The number of hydrogen-bond donors (Lipinski definition) is 1. The predicted molar refractivity (Wildman–Crippen MR) is 74.0 cm³/mol. The minimum Gasteiger partial charge on any atom is -0.479 e. The number of ether oxygens (including phenoxy) is 1. The molecule has 94 valence electrons. The lowest BCUT2D eigenvalue weighted by Gasteiger charge is -2.14. The van der Waals surface area contributed by atoms with Gasteiger partial charge in [0.1, 0.15) is 6.10 Å². The topological polar surface area (TPSA) is 42.4 Å². The van der Waals surface area contributed by atoms with Crippen LogP contribution >= 0.6 is 22.6 Å². The van der Waals surface area contributed by atoms with Crippen molar-refractivity contribution in [2.75, 3.05) is 7.11 Å². The first kappa shape index (κ1) is 13.2. The monoisotopic (exact) mass is 359 g/mol. The molecule has 5 heteroatoms. The molecule has 2 aromatic rings. The summed E-state index contributed by atoms with van der Waals surface area (Å²) in [5.74, 6) is -0.746. The second kappa shape index (κ2) is 5.62. The maximum atomic E-state index is 14.0. The lowest BCUT2D eigenvalue weighted by atomic mass is 10.0. The van der Waals surface area contributed by atoms with Gasteiger partial charge in [-0.2, -0.15) is 0 Å². The molecular weight excluding hydrogens is 348 g/mol. The highest BCUT2D eigenvalue weighted by Gasteiger charge is 2.20. The molecule has 0 bridgehead atoms. The summed E-state index contributed by atoms with van der Waals surface area (Å²) in [5.41, 5.74) is 0.816. The van der Waals surface area contributed by atoms with Gasteiger partial charge in [-0.1, -0.05) is 18.2 Å². The number of aliphatic hydroxyl groups excluding tert-OH is 1. The molecule has 1 heterocycles. The third-order valence-corrected chi connectivity index (χ3v) is 3.56. The van der Waals surface area contributed by atoms with Crippen LogP contribution in [0, 0.1) is 9.39 Å². The number of benzene rings is 1. The molecule has 0 saturated heterocycles. The first-order valence-corrected chi connectivity index (χ1v) is 6.34. The molecule has 1 N–H and O–H groups in total. The Morgan fingerprint density at radius 3 is 2.67 bits per heavy atom. The third kappa shape index (κ3) is 2.46. The first-order valence-electron chi connectivity index (χ1n) is 5.26. The summed E-state index contributed by atoms with van der Waals surface area (Å²) in [7, 11) is 1.34. The van der Waals surface area contributed by atoms with E-state index in [4.69, 9.17) is 4.74 Å². The summed E-state index contributed by atoms with van der Waals surface area (Å²) in [6.45, 7) is 0. The molecule has 0 saturated carbocycles. The fourth-order valence-electron chi connectivity index (χ4n) is 1.66. The molecule has 3 nitrogen and oxygen atoms in total. The lowest BCUT2D eigenvalue weighted by Crippen LogP contribution is -2.06. The number of methoxy groups -OCH3 is 1. The number of rotatable bonds is 3. The molecule has 1 unspecified atom stereocenters. The molecule has 0 spiro atoms. The Balaban J connectivity index is 2.47. The molecule has 1 atom stereocenters. The Morgan fingerprint density at radius 1 is 1.28 bits per heavy atom. The number of pyridine rings is 1. The van der Waals surface area contributed by atoms with Crippen LogP contribution in [-0.4, -0.2) is 17.2 Å². The van der Waals surface area contributed by atoms with Gasteiger partial charge in [-0.3, -0.25) is 0 Å². The third-order valence-electron chi connectivity index (χ3n) is 2.57. The van der Waals surface area contributed by atoms with Gasteiger partial charge in [-0.25, -0.2) is 9.37 Å². The van der Waals surface area contributed by atoms with Gasteiger partial charge in [-0.05, 0) is 40.3 Å². The molecule has 1 aromatic heterocycles. The summed E-state index contributed by atoms with van der Waals surface area (Å²) in [6, 6.07) is 8.73. The highest BCUT2D eigenvalue weighted by atomic mass is 127. The van der Waals surface area contributed by atoms with Crippen molar-refractivity contribution in [2.24, 2.45) is 0 Å². The first-order chi connectivity index (χ1) is 8.65. The lowest BCUT2D eigenvalue weighted by molar-refractivity contribution is 0.211. The molecular formula is C13H11FINO2. The average Bonchev–Trinajstić information content (AvgIpc) is 2.39. The quantitative estimate of drug-likeness (QED) is 0.857. The zero-order chi connectivity index (χ0) is 13.1. The van der Waals surface area contributed by atoms with Crippen LogP contribution in [0.4, 0.5) is 4.39 Å². The fourth-order valence-corrected chi connectivity index (χ4v) is 2.34. The van der Waals surface area contributed by atoms with Crippen molar-refractivity contribution in [3.8, 4) is 5.88 Å². The molecule has 18 heavy (non-hydrogen) atoms.